The van der Waals surface area contributed by atoms with Crippen molar-refractivity contribution in [3.8, 4) is 11.1 Å². The van der Waals surface area contributed by atoms with Gasteiger partial charge in [-0.05, 0) is 29.8 Å². The summed E-state index contributed by atoms with van der Waals surface area (Å²) < 4.78 is 32.5. The SMILES string of the molecule is CC(=O)NNc1ccc(-c2ccc(NN)cc2S(=O)(=O)O)cc1. The van der Waals surface area contributed by atoms with Crippen molar-refractivity contribution in [1.82, 2.24) is 5.43 Å². The zero-order valence-corrected chi connectivity index (χ0v) is 13.0. The summed E-state index contributed by atoms with van der Waals surface area (Å²) in [4.78, 5) is 10.6. The lowest BCUT2D eigenvalue weighted by Crippen LogP contribution is -2.26. The van der Waals surface area contributed by atoms with E-state index in [1.165, 1.54) is 19.1 Å². The number of nitrogens with two attached hydrogens (primary N) is 1. The molecule has 0 spiro atoms. The van der Waals surface area contributed by atoms with Gasteiger partial charge in [-0.2, -0.15) is 8.42 Å². The van der Waals surface area contributed by atoms with Gasteiger partial charge in [0, 0.05) is 18.2 Å². The van der Waals surface area contributed by atoms with Gasteiger partial charge in [-0.1, -0.05) is 18.2 Å². The molecule has 0 radical (unpaired) electrons. The number of carbonyl (C=O) groups is 1. The number of carbonyl (C=O) groups excluding carboxylic acids is 1. The van der Waals surface area contributed by atoms with Crippen molar-refractivity contribution in [2.24, 2.45) is 5.84 Å². The van der Waals surface area contributed by atoms with E-state index < -0.39 is 10.1 Å². The van der Waals surface area contributed by atoms with Gasteiger partial charge in [-0.25, -0.2) is 0 Å². The van der Waals surface area contributed by atoms with E-state index in [2.05, 4.69) is 16.3 Å². The van der Waals surface area contributed by atoms with E-state index in [0.717, 1.165) is 0 Å². The van der Waals surface area contributed by atoms with Gasteiger partial charge in [0.1, 0.15) is 4.90 Å². The van der Waals surface area contributed by atoms with Crippen LogP contribution in [0.3, 0.4) is 0 Å². The van der Waals surface area contributed by atoms with Crippen molar-refractivity contribution >= 4 is 27.4 Å². The van der Waals surface area contributed by atoms with Crippen molar-refractivity contribution in [1.29, 1.82) is 0 Å². The van der Waals surface area contributed by atoms with Crippen molar-refractivity contribution in [3.05, 3.63) is 42.5 Å². The summed E-state index contributed by atoms with van der Waals surface area (Å²) in [5.74, 6) is 5.02. The molecule has 8 nitrogen and oxygen atoms in total. The predicted octanol–water partition coefficient (Wildman–Crippen LogP) is 1.35. The maximum atomic E-state index is 11.6. The smallest absolute Gasteiger partial charge is 0.295 e. The molecule has 0 fully saturated rings. The number of anilines is 2. The summed E-state index contributed by atoms with van der Waals surface area (Å²) in [6.07, 6.45) is 0. The highest BCUT2D eigenvalue weighted by Crippen LogP contribution is 2.30. The van der Waals surface area contributed by atoms with Gasteiger partial charge in [-0.3, -0.25) is 26.0 Å². The van der Waals surface area contributed by atoms with Crippen molar-refractivity contribution in [2.45, 2.75) is 11.8 Å². The number of benzene rings is 2. The quantitative estimate of drug-likeness (QED) is 0.316. The Morgan fingerprint density at radius 2 is 1.70 bits per heavy atom. The fourth-order valence-electron chi connectivity index (χ4n) is 1.96. The molecule has 6 N–H and O–H groups in total. The fraction of sp³-hybridized carbons (Fsp3) is 0.0714. The fourth-order valence-corrected chi connectivity index (χ4v) is 2.70. The minimum Gasteiger partial charge on any atom is -0.324 e. The molecule has 0 unspecified atom stereocenters. The first kappa shape index (κ1) is 16.7. The molecule has 9 heteroatoms. The standard InChI is InChI=1S/C14H16N4O4S/c1-9(19)17-18-11-4-2-10(3-5-11)13-7-6-12(16-15)8-14(13)23(20,21)22/h2-8,16,18H,15H2,1H3,(H,17,19)(H,20,21,22). The van der Waals surface area contributed by atoms with Crippen molar-refractivity contribution < 1.29 is 17.8 Å². The number of hydrazine groups is 2. The van der Waals surface area contributed by atoms with Crippen molar-refractivity contribution in [3.63, 3.8) is 0 Å². The molecule has 2 aromatic carbocycles. The highest BCUT2D eigenvalue weighted by molar-refractivity contribution is 7.86. The summed E-state index contributed by atoms with van der Waals surface area (Å²) in [6.45, 7) is 1.37. The Morgan fingerprint density at radius 3 is 2.22 bits per heavy atom. The van der Waals surface area contributed by atoms with Crippen LogP contribution < -0.4 is 22.1 Å². The van der Waals surface area contributed by atoms with Gasteiger partial charge in [0.2, 0.25) is 5.91 Å². The molecule has 0 saturated carbocycles. The molecule has 0 bridgehead atoms. The first-order chi connectivity index (χ1) is 10.8. The normalized spacial score (nSPS) is 10.9. The van der Waals surface area contributed by atoms with Crippen molar-refractivity contribution in [2.75, 3.05) is 10.9 Å². The lowest BCUT2D eigenvalue weighted by atomic mass is 10.0. The molecule has 1 amide bonds. The van der Waals surface area contributed by atoms with E-state index in [-0.39, 0.29) is 10.8 Å². The monoisotopic (exact) mass is 336 g/mol. The number of nitrogen functional groups attached to an aromatic ring is 1. The molecule has 0 saturated heterocycles. The largest absolute Gasteiger partial charge is 0.324 e. The van der Waals surface area contributed by atoms with Gasteiger partial charge < -0.3 is 5.43 Å². The molecule has 0 heterocycles. The van der Waals surface area contributed by atoms with E-state index in [9.17, 15) is 17.8 Å². The van der Waals surface area contributed by atoms with Gasteiger partial charge in [-0.15, -0.1) is 0 Å². The van der Waals surface area contributed by atoms with Crippen LogP contribution in [-0.4, -0.2) is 18.9 Å². The van der Waals surface area contributed by atoms with Gasteiger partial charge in [0.15, 0.2) is 0 Å². The maximum Gasteiger partial charge on any atom is 0.295 e. The zero-order valence-electron chi connectivity index (χ0n) is 12.2. The molecule has 2 rings (SSSR count). The number of hydrogen-bond acceptors (Lipinski definition) is 6. The second-order valence-corrected chi connectivity index (χ2v) is 6.10. The molecule has 0 aliphatic heterocycles. The molecule has 2 aromatic rings. The summed E-state index contributed by atoms with van der Waals surface area (Å²) in [5, 5.41) is 0. The summed E-state index contributed by atoms with van der Waals surface area (Å²) in [6, 6.07) is 11.0. The molecule has 0 atom stereocenters. The first-order valence-corrected chi connectivity index (χ1v) is 7.96. The zero-order chi connectivity index (χ0) is 17.0. The molecular weight excluding hydrogens is 320 g/mol. The third kappa shape index (κ3) is 4.19. The summed E-state index contributed by atoms with van der Waals surface area (Å²) in [7, 11) is -4.41. The van der Waals surface area contributed by atoms with Gasteiger partial charge >= 0.3 is 0 Å². The second kappa shape index (κ2) is 6.65. The Bertz CT molecular complexity index is 819. The summed E-state index contributed by atoms with van der Waals surface area (Å²) in [5.41, 5.74) is 9.33. The van der Waals surface area contributed by atoms with Crippen LogP contribution in [0.4, 0.5) is 11.4 Å². The van der Waals surface area contributed by atoms with E-state index in [4.69, 9.17) is 5.84 Å². The van der Waals surface area contributed by atoms with Gasteiger partial charge in [0.05, 0.1) is 5.69 Å². The first-order valence-electron chi connectivity index (χ1n) is 6.52. The van der Waals surface area contributed by atoms with E-state index in [0.29, 0.717) is 22.5 Å². The van der Waals surface area contributed by atoms with Crippen LogP contribution >= 0.6 is 0 Å². The van der Waals surface area contributed by atoms with Crippen LogP contribution in [0.2, 0.25) is 0 Å². The van der Waals surface area contributed by atoms with Crippen LogP contribution in [0.5, 0.6) is 0 Å². The number of nitrogens with one attached hydrogen (secondary N) is 3. The Hall–Kier alpha value is -2.62. The minimum atomic E-state index is -4.41. The van der Waals surface area contributed by atoms with Crippen LogP contribution in [0.25, 0.3) is 11.1 Å². The Labute approximate surface area is 133 Å². The highest BCUT2D eigenvalue weighted by atomic mass is 32.2. The molecular formula is C14H16N4O4S. The third-order valence-electron chi connectivity index (χ3n) is 3.00. The minimum absolute atomic E-state index is 0.243. The molecule has 23 heavy (non-hydrogen) atoms. The Morgan fingerprint density at radius 1 is 1.09 bits per heavy atom. The lowest BCUT2D eigenvalue weighted by Gasteiger charge is -2.11. The molecule has 0 aliphatic carbocycles. The highest BCUT2D eigenvalue weighted by Gasteiger charge is 2.17. The average Bonchev–Trinajstić information content (AvgIpc) is 2.52. The van der Waals surface area contributed by atoms with E-state index >= 15 is 0 Å². The van der Waals surface area contributed by atoms with Crippen LogP contribution in [-0.2, 0) is 14.9 Å². The number of amides is 1. The second-order valence-electron chi connectivity index (χ2n) is 4.71. The van der Waals surface area contributed by atoms with E-state index in [1.807, 2.05) is 0 Å². The third-order valence-corrected chi connectivity index (χ3v) is 3.90. The molecule has 0 aromatic heterocycles. The summed E-state index contributed by atoms with van der Waals surface area (Å²) >= 11 is 0. The predicted molar refractivity (Wildman–Crippen MR) is 86.9 cm³/mol. The lowest BCUT2D eigenvalue weighted by molar-refractivity contribution is -0.118. The number of rotatable bonds is 5. The van der Waals surface area contributed by atoms with Crippen LogP contribution in [0.1, 0.15) is 6.92 Å². The molecule has 122 valence electrons. The maximum absolute atomic E-state index is 11.6. The average molecular weight is 336 g/mol. The van der Waals surface area contributed by atoms with Crippen LogP contribution in [0.15, 0.2) is 47.4 Å². The molecule has 0 aliphatic rings. The van der Waals surface area contributed by atoms with Crippen LogP contribution in [0, 0.1) is 0 Å². The topological polar surface area (TPSA) is 134 Å². The Balaban J connectivity index is 2.40. The number of hydrogen-bond donors (Lipinski definition) is 5. The van der Waals surface area contributed by atoms with E-state index in [1.54, 1.807) is 30.3 Å². The Kier molecular flexibility index (Phi) is 4.84. The van der Waals surface area contributed by atoms with Gasteiger partial charge in [0.25, 0.3) is 10.1 Å².